The van der Waals surface area contributed by atoms with Gasteiger partial charge >= 0.3 is 0 Å². The molecule has 1 amide bonds. The van der Waals surface area contributed by atoms with Gasteiger partial charge in [0.2, 0.25) is 0 Å². The van der Waals surface area contributed by atoms with Crippen molar-refractivity contribution >= 4 is 5.91 Å². The maximum Gasteiger partial charge on any atom is 0.251 e. The summed E-state index contributed by atoms with van der Waals surface area (Å²) in [7, 11) is 1.54. The third kappa shape index (κ3) is 3.92. The first-order chi connectivity index (χ1) is 8.58. The van der Waals surface area contributed by atoms with Crippen LogP contribution in [0.25, 0.3) is 0 Å². The molecule has 0 fully saturated rings. The predicted molar refractivity (Wildman–Crippen MR) is 70.1 cm³/mol. The molecule has 0 saturated carbocycles. The number of ether oxygens (including phenoxy) is 2. The fourth-order valence-electron chi connectivity index (χ4n) is 1.44. The molecule has 100 valence electrons. The van der Waals surface area contributed by atoms with Crippen LogP contribution in [-0.2, 0) is 0 Å². The zero-order valence-electron chi connectivity index (χ0n) is 11.0. The lowest BCUT2D eigenvalue weighted by atomic mass is 10.2. The first-order valence-corrected chi connectivity index (χ1v) is 5.90. The van der Waals surface area contributed by atoms with Gasteiger partial charge in [0, 0.05) is 18.2 Å². The van der Waals surface area contributed by atoms with E-state index in [-0.39, 0.29) is 11.9 Å². The van der Waals surface area contributed by atoms with Crippen LogP contribution in [0.15, 0.2) is 18.2 Å². The van der Waals surface area contributed by atoms with E-state index in [1.807, 2.05) is 13.8 Å². The molecule has 0 aliphatic carbocycles. The van der Waals surface area contributed by atoms with Crippen LogP contribution in [0.2, 0.25) is 0 Å². The number of carbonyl (C=O) groups excluding carboxylic acids is 1. The molecular weight excluding hydrogens is 232 g/mol. The number of rotatable bonds is 6. The maximum absolute atomic E-state index is 11.8. The first-order valence-electron chi connectivity index (χ1n) is 5.90. The highest BCUT2D eigenvalue weighted by molar-refractivity contribution is 5.95. The van der Waals surface area contributed by atoms with Crippen molar-refractivity contribution in [3.8, 4) is 11.5 Å². The number of hydrogen-bond acceptors (Lipinski definition) is 4. The maximum atomic E-state index is 11.8. The van der Waals surface area contributed by atoms with E-state index in [0.717, 1.165) is 0 Å². The Morgan fingerprint density at radius 2 is 2.11 bits per heavy atom. The number of nitrogens with two attached hydrogens (primary N) is 1. The number of hydrogen-bond donors (Lipinski definition) is 2. The van der Waals surface area contributed by atoms with Gasteiger partial charge < -0.3 is 20.5 Å². The van der Waals surface area contributed by atoms with Crippen LogP contribution in [0.3, 0.4) is 0 Å². The van der Waals surface area contributed by atoms with Gasteiger partial charge in [-0.05, 0) is 32.0 Å². The summed E-state index contributed by atoms with van der Waals surface area (Å²) in [5, 5.41) is 2.82. The molecule has 0 aromatic heterocycles. The lowest BCUT2D eigenvalue weighted by Gasteiger charge is -2.12. The van der Waals surface area contributed by atoms with E-state index in [0.29, 0.717) is 30.2 Å². The normalized spacial score (nSPS) is 10.3. The molecule has 1 rings (SSSR count). The van der Waals surface area contributed by atoms with E-state index in [2.05, 4.69) is 5.32 Å². The van der Waals surface area contributed by atoms with Crippen LogP contribution in [0.4, 0.5) is 0 Å². The van der Waals surface area contributed by atoms with Crippen LogP contribution in [-0.4, -0.2) is 32.2 Å². The second-order valence-electron chi connectivity index (χ2n) is 4.13. The topological polar surface area (TPSA) is 73.6 Å². The van der Waals surface area contributed by atoms with Gasteiger partial charge in [0.1, 0.15) is 6.61 Å². The number of amides is 1. The monoisotopic (exact) mass is 252 g/mol. The molecule has 18 heavy (non-hydrogen) atoms. The summed E-state index contributed by atoms with van der Waals surface area (Å²) in [5.41, 5.74) is 5.91. The lowest BCUT2D eigenvalue weighted by Crippen LogP contribution is -2.30. The highest BCUT2D eigenvalue weighted by Crippen LogP contribution is 2.27. The first kappa shape index (κ1) is 14.3. The summed E-state index contributed by atoms with van der Waals surface area (Å²) in [4.78, 5) is 11.8. The second-order valence-corrected chi connectivity index (χ2v) is 4.13. The van der Waals surface area contributed by atoms with Crippen molar-refractivity contribution in [1.29, 1.82) is 0 Å². The van der Waals surface area contributed by atoms with Gasteiger partial charge in [0.05, 0.1) is 7.11 Å². The molecular formula is C13H20N2O3. The van der Waals surface area contributed by atoms with Crippen LogP contribution in [0.5, 0.6) is 11.5 Å². The number of benzene rings is 1. The van der Waals surface area contributed by atoms with Crippen molar-refractivity contribution in [3.05, 3.63) is 23.8 Å². The molecule has 0 spiro atoms. The fourth-order valence-corrected chi connectivity index (χ4v) is 1.44. The molecule has 5 heteroatoms. The molecule has 0 aliphatic rings. The molecule has 1 aromatic carbocycles. The fraction of sp³-hybridized carbons (Fsp3) is 0.462. The van der Waals surface area contributed by atoms with E-state index >= 15 is 0 Å². The van der Waals surface area contributed by atoms with Gasteiger partial charge in [-0.1, -0.05) is 0 Å². The van der Waals surface area contributed by atoms with Gasteiger partial charge in [-0.3, -0.25) is 4.79 Å². The molecule has 0 heterocycles. The number of carbonyl (C=O) groups is 1. The highest BCUT2D eigenvalue weighted by Gasteiger charge is 2.11. The van der Waals surface area contributed by atoms with Crippen LogP contribution < -0.4 is 20.5 Å². The molecule has 1 aromatic rings. The zero-order valence-corrected chi connectivity index (χ0v) is 11.0. The Morgan fingerprint density at radius 3 is 2.67 bits per heavy atom. The smallest absolute Gasteiger partial charge is 0.251 e. The van der Waals surface area contributed by atoms with E-state index in [9.17, 15) is 4.79 Å². The summed E-state index contributed by atoms with van der Waals surface area (Å²) < 4.78 is 10.6. The largest absolute Gasteiger partial charge is 0.493 e. The molecule has 0 aliphatic heterocycles. The number of nitrogens with one attached hydrogen (secondary N) is 1. The van der Waals surface area contributed by atoms with Crippen molar-refractivity contribution in [3.63, 3.8) is 0 Å². The predicted octanol–water partition coefficient (Wildman–Crippen LogP) is 1.17. The van der Waals surface area contributed by atoms with Crippen molar-refractivity contribution in [2.24, 2.45) is 5.73 Å². The van der Waals surface area contributed by atoms with Crippen molar-refractivity contribution in [1.82, 2.24) is 5.32 Å². The summed E-state index contributed by atoms with van der Waals surface area (Å²) in [6.45, 7) is 4.66. The molecule has 0 bridgehead atoms. The average molecular weight is 252 g/mol. The molecule has 0 saturated heterocycles. The van der Waals surface area contributed by atoms with Gasteiger partial charge in [-0.25, -0.2) is 0 Å². The van der Waals surface area contributed by atoms with Crippen molar-refractivity contribution in [2.45, 2.75) is 19.9 Å². The summed E-state index contributed by atoms with van der Waals surface area (Å²) in [6, 6.07) is 5.16. The Hall–Kier alpha value is -1.75. The van der Waals surface area contributed by atoms with Crippen molar-refractivity contribution < 1.29 is 14.3 Å². The van der Waals surface area contributed by atoms with Crippen LogP contribution in [0.1, 0.15) is 24.2 Å². The standard InChI is InChI=1S/C13H20N2O3/c1-9(2)15-13(16)10-4-5-11(18-7-6-14)12(8-10)17-3/h4-5,8-9H,6-7,14H2,1-3H3,(H,15,16). The van der Waals surface area contributed by atoms with Gasteiger partial charge in [0.25, 0.3) is 5.91 Å². The minimum Gasteiger partial charge on any atom is -0.493 e. The van der Waals surface area contributed by atoms with Crippen molar-refractivity contribution in [2.75, 3.05) is 20.3 Å². The van der Waals surface area contributed by atoms with E-state index in [1.165, 1.54) is 7.11 Å². The zero-order chi connectivity index (χ0) is 13.5. The van der Waals surface area contributed by atoms with E-state index in [4.69, 9.17) is 15.2 Å². The van der Waals surface area contributed by atoms with Crippen LogP contribution in [0, 0.1) is 0 Å². The lowest BCUT2D eigenvalue weighted by molar-refractivity contribution is 0.0942. The minimum atomic E-state index is -0.131. The third-order valence-corrected chi connectivity index (χ3v) is 2.22. The van der Waals surface area contributed by atoms with Gasteiger partial charge in [-0.15, -0.1) is 0 Å². The quantitative estimate of drug-likeness (QED) is 0.797. The van der Waals surface area contributed by atoms with E-state index in [1.54, 1.807) is 18.2 Å². The number of methoxy groups -OCH3 is 1. The molecule has 0 radical (unpaired) electrons. The van der Waals surface area contributed by atoms with E-state index < -0.39 is 0 Å². The Kier molecular flexibility index (Phi) is 5.45. The van der Waals surface area contributed by atoms with Gasteiger partial charge in [-0.2, -0.15) is 0 Å². The highest BCUT2D eigenvalue weighted by atomic mass is 16.5. The summed E-state index contributed by atoms with van der Waals surface area (Å²) in [5.74, 6) is 0.984. The molecule has 5 nitrogen and oxygen atoms in total. The Bertz CT molecular complexity index is 405. The summed E-state index contributed by atoms with van der Waals surface area (Å²) >= 11 is 0. The molecule has 3 N–H and O–H groups in total. The molecule has 0 atom stereocenters. The third-order valence-electron chi connectivity index (χ3n) is 2.22. The average Bonchev–Trinajstić information content (AvgIpc) is 2.35. The Labute approximate surface area is 107 Å². The summed E-state index contributed by atoms with van der Waals surface area (Å²) in [6.07, 6.45) is 0. The Balaban J connectivity index is 2.87. The second kappa shape index (κ2) is 6.86. The van der Waals surface area contributed by atoms with Crippen LogP contribution >= 0.6 is 0 Å². The molecule has 0 unspecified atom stereocenters. The minimum absolute atomic E-state index is 0.0941. The van der Waals surface area contributed by atoms with Gasteiger partial charge in [0.15, 0.2) is 11.5 Å². The SMILES string of the molecule is COc1cc(C(=O)NC(C)C)ccc1OCCN. The Morgan fingerprint density at radius 1 is 1.39 bits per heavy atom.